The first-order chi connectivity index (χ1) is 16.8. The summed E-state index contributed by atoms with van der Waals surface area (Å²) in [7, 11) is 0. The van der Waals surface area contributed by atoms with Gasteiger partial charge in [-0.15, -0.1) is 0 Å². The maximum Gasteiger partial charge on any atom is 0.296 e. The normalized spacial score (nSPS) is 15.9. The van der Waals surface area contributed by atoms with Gasteiger partial charge in [0.15, 0.2) is 16.7 Å². The molecule has 1 atom stereocenters. The summed E-state index contributed by atoms with van der Waals surface area (Å²) < 4.78 is 12.1. The van der Waals surface area contributed by atoms with Gasteiger partial charge in [0, 0.05) is 0 Å². The maximum atomic E-state index is 13.5. The molecule has 1 aliphatic rings. The second-order valence-corrected chi connectivity index (χ2v) is 9.52. The van der Waals surface area contributed by atoms with Crippen molar-refractivity contribution in [1.82, 2.24) is 4.98 Å². The topological polar surface area (TPSA) is 92.9 Å². The van der Waals surface area contributed by atoms with E-state index in [0.717, 1.165) is 21.3 Å². The van der Waals surface area contributed by atoms with Crippen LogP contribution in [0.5, 0.6) is 5.75 Å². The minimum absolute atomic E-state index is 0.0508. The average Bonchev–Trinajstić information content (AvgIpc) is 3.50. The van der Waals surface area contributed by atoms with E-state index in [4.69, 9.17) is 14.1 Å². The van der Waals surface area contributed by atoms with E-state index >= 15 is 0 Å². The zero-order chi connectivity index (χ0) is 24.9. The highest BCUT2D eigenvalue weighted by Crippen LogP contribution is 2.45. The first-order valence-corrected chi connectivity index (χ1v) is 12.1. The van der Waals surface area contributed by atoms with Crippen molar-refractivity contribution in [3.05, 3.63) is 88.1 Å². The number of aryl methyl sites for hydroxylation is 3. The van der Waals surface area contributed by atoms with Crippen molar-refractivity contribution >= 4 is 38.4 Å². The van der Waals surface area contributed by atoms with E-state index in [1.54, 1.807) is 43.3 Å². The fourth-order valence-electron chi connectivity index (χ4n) is 4.44. The van der Waals surface area contributed by atoms with Crippen LogP contribution >= 0.6 is 11.3 Å². The second-order valence-electron chi connectivity index (χ2n) is 8.51. The maximum absolute atomic E-state index is 13.5. The smallest absolute Gasteiger partial charge is 0.296 e. The van der Waals surface area contributed by atoms with E-state index in [9.17, 15) is 14.7 Å². The van der Waals surface area contributed by atoms with Gasteiger partial charge >= 0.3 is 0 Å². The van der Waals surface area contributed by atoms with Gasteiger partial charge in [0.2, 0.25) is 5.78 Å². The van der Waals surface area contributed by atoms with Crippen LogP contribution in [0.2, 0.25) is 0 Å². The van der Waals surface area contributed by atoms with Gasteiger partial charge in [-0.05, 0) is 74.7 Å². The van der Waals surface area contributed by atoms with Crippen molar-refractivity contribution in [3.8, 4) is 5.75 Å². The number of nitrogens with zero attached hydrogens (tertiary/aromatic N) is 2. The number of benzene rings is 2. The van der Waals surface area contributed by atoms with Gasteiger partial charge in [-0.1, -0.05) is 29.5 Å². The number of carbonyl (C=O) groups is 2. The molecule has 1 amide bonds. The first-order valence-electron chi connectivity index (χ1n) is 11.3. The van der Waals surface area contributed by atoms with Crippen molar-refractivity contribution < 1.29 is 23.8 Å². The van der Waals surface area contributed by atoms with Crippen LogP contribution in [0.4, 0.5) is 5.13 Å². The van der Waals surface area contributed by atoms with E-state index in [1.807, 2.05) is 32.9 Å². The molecule has 1 N–H and O–H groups in total. The number of thiazole rings is 1. The predicted octanol–water partition coefficient (Wildman–Crippen LogP) is 6.00. The third-order valence-corrected chi connectivity index (χ3v) is 6.93. The summed E-state index contributed by atoms with van der Waals surface area (Å²) in [6, 6.07) is 13.5. The summed E-state index contributed by atoms with van der Waals surface area (Å²) in [5.41, 5.74) is 3.43. The van der Waals surface area contributed by atoms with E-state index in [1.165, 1.54) is 16.2 Å². The Labute approximate surface area is 206 Å². The number of hydrogen-bond acceptors (Lipinski definition) is 7. The molecule has 7 nitrogen and oxygen atoms in total. The number of aromatic nitrogens is 1. The highest BCUT2D eigenvalue weighted by Gasteiger charge is 2.46. The molecule has 0 radical (unpaired) electrons. The van der Waals surface area contributed by atoms with Crippen molar-refractivity contribution in [3.63, 3.8) is 0 Å². The van der Waals surface area contributed by atoms with Crippen molar-refractivity contribution in [2.24, 2.45) is 0 Å². The van der Waals surface area contributed by atoms with Crippen molar-refractivity contribution in [2.45, 2.75) is 33.7 Å². The Hall–Kier alpha value is -3.91. The molecule has 0 bridgehead atoms. The number of hydrogen-bond donors (Lipinski definition) is 1. The lowest BCUT2D eigenvalue weighted by Gasteiger charge is -2.24. The number of carbonyl (C=O) groups excluding carboxylic acids is 2. The van der Waals surface area contributed by atoms with Crippen molar-refractivity contribution in [1.29, 1.82) is 0 Å². The van der Waals surface area contributed by atoms with Gasteiger partial charge in [0.25, 0.3) is 5.91 Å². The molecular weight excluding hydrogens is 464 g/mol. The Balaban J connectivity index is 1.69. The minimum atomic E-state index is -0.900. The Morgan fingerprint density at radius 3 is 2.69 bits per heavy atom. The number of fused-ring (bicyclic) bond motifs is 1. The second kappa shape index (κ2) is 8.70. The highest BCUT2D eigenvalue weighted by atomic mass is 32.1. The van der Waals surface area contributed by atoms with Gasteiger partial charge in [0.1, 0.15) is 11.5 Å². The van der Waals surface area contributed by atoms with E-state index in [0.29, 0.717) is 28.8 Å². The quantitative estimate of drug-likeness (QED) is 0.335. The Bertz CT molecular complexity index is 1510. The van der Waals surface area contributed by atoms with Crippen LogP contribution in [-0.4, -0.2) is 28.4 Å². The fourth-order valence-corrected chi connectivity index (χ4v) is 5.61. The molecule has 5 rings (SSSR count). The van der Waals surface area contributed by atoms with Gasteiger partial charge in [0.05, 0.1) is 28.4 Å². The summed E-state index contributed by atoms with van der Waals surface area (Å²) in [6.07, 6.45) is 0. The Morgan fingerprint density at radius 2 is 1.97 bits per heavy atom. The number of ketones is 1. The molecule has 35 heavy (non-hydrogen) atoms. The molecule has 8 heteroatoms. The lowest BCUT2D eigenvalue weighted by Crippen LogP contribution is -2.31. The minimum Gasteiger partial charge on any atom is -0.503 e. The molecule has 3 heterocycles. The van der Waals surface area contributed by atoms with Crippen LogP contribution < -0.4 is 9.64 Å². The fraction of sp³-hybridized carbons (Fsp3) is 0.222. The summed E-state index contributed by atoms with van der Waals surface area (Å²) in [5.74, 6) is -0.631. The zero-order valence-electron chi connectivity index (χ0n) is 19.8. The molecular formula is C27H24N2O5S. The van der Waals surface area contributed by atoms with Crippen LogP contribution in [-0.2, 0) is 4.79 Å². The van der Waals surface area contributed by atoms with Crippen LogP contribution in [0.15, 0.2) is 64.3 Å². The highest BCUT2D eigenvalue weighted by molar-refractivity contribution is 7.22. The SMILES string of the molecule is CCOc1cccc(C2C(C(=O)c3ccc(C)o3)=C(O)C(=O)N2c2nc3c(C)cc(C)cc3s2)c1. The molecule has 1 aliphatic heterocycles. The third-order valence-electron chi connectivity index (χ3n) is 5.93. The summed E-state index contributed by atoms with van der Waals surface area (Å²) in [4.78, 5) is 33.1. The molecule has 1 unspecified atom stereocenters. The standard InChI is InChI=1S/C27H24N2O5S/c1-5-33-18-8-6-7-17(13-18)23-21(24(30)19-10-9-16(4)34-19)25(31)26(32)29(23)27-28-22-15(3)11-14(2)12-20(22)35-27/h6-13,23,31H,5H2,1-4H3. The van der Waals surface area contributed by atoms with Gasteiger partial charge in [-0.25, -0.2) is 4.98 Å². The van der Waals surface area contributed by atoms with Gasteiger partial charge in [-0.2, -0.15) is 0 Å². The number of amides is 1. The molecule has 2 aromatic heterocycles. The molecule has 0 saturated carbocycles. The summed E-state index contributed by atoms with van der Waals surface area (Å²) in [6.45, 7) is 8.04. The van der Waals surface area contributed by atoms with Crippen molar-refractivity contribution in [2.75, 3.05) is 11.5 Å². The molecule has 0 aliphatic carbocycles. The van der Waals surface area contributed by atoms with E-state index in [-0.39, 0.29) is 11.3 Å². The molecule has 0 saturated heterocycles. The third kappa shape index (κ3) is 3.89. The molecule has 4 aromatic rings. The van der Waals surface area contributed by atoms with Gasteiger partial charge in [-0.3, -0.25) is 14.5 Å². The number of aliphatic hydroxyl groups is 1. The van der Waals surface area contributed by atoms with E-state index < -0.39 is 23.5 Å². The summed E-state index contributed by atoms with van der Waals surface area (Å²) >= 11 is 1.35. The summed E-state index contributed by atoms with van der Waals surface area (Å²) in [5, 5.41) is 11.4. The Kier molecular flexibility index (Phi) is 5.68. The lowest BCUT2D eigenvalue weighted by molar-refractivity contribution is -0.117. The van der Waals surface area contributed by atoms with E-state index in [2.05, 4.69) is 0 Å². The van der Waals surface area contributed by atoms with Gasteiger partial charge < -0.3 is 14.3 Å². The number of Topliss-reactive ketones (excluding diaryl/α,β-unsaturated/α-hetero) is 1. The van der Waals surface area contributed by atoms with Crippen LogP contribution in [0, 0.1) is 20.8 Å². The number of rotatable bonds is 6. The van der Waals surface area contributed by atoms with Crippen LogP contribution in [0.3, 0.4) is 0 Å². The lowest BCUT2D eigenvalue weighted by atomic mass is 9.95. The number of aliphatic hydroxyl groups excluding tert-OH is 1. The largest absolute Gasteiger partial charge is 0.503 e. The molecule has 0 fully saturated rings. The molecule has 178 valence electrons. The van der Waals surface area contributed by atoms with Crippen LogP contribution in [0.1, 0.15) is 46.0 Å². The predicted molar refractivity (Wildman–Crippen MR) is 134 cm³/mol. The van der Waals surface area contributed by atoms with Crippen LogP contribution in [0.25, 0.3) is 10.2 Å². The Morgan fingerprint density at radius 1 is 1.17 bits per heavy atom. The number of furan rings is 1. The molecule has 2 aromatic carbocycles. The molecule has 0 spiro atoms. The number of ether oxygens (including phenoxy) is 1. The number of anilines is 1. The monoisotopic (exact) mass is 488 g/mol. The zero-order valence-corrected chi connectivity index (χ0v) is 20.6. The first kappa shape index (κ1) is 22.9. The average molecular weight is 489 g/mol.